The Hall–Kier alpha value is -0.830. The molecule has 4 fully saturated rings. The summed E-state index contributed by atoms with van der Waals surface area (Å²) >= 11 is 0. The largest absolute Gasteiger partial charge is 1.00 e. The van der Waals surface area contributed by atoms with Crippen molar-refractivity contribution >= 4 is 5.97 Å². The van der Waals surface area contributed by atoms with Crippen LogP contribution < -0.4 is 40.0 Å². The van der Waals surface area contributed by atoms with Gasteiger partial charge in [0.25, 0.3) is 0 Å². The zero-order chi connectivity index (χ0) is 35.1. The van der Waals surface area contributed by atoms with E-state index in [2.05, 4.69) is 5.32 Å². The van der Waals surface area contributed by atoms with Crippen LogP contribution >= 0.6 is 0 Å². The number of hydrogen-bond donors (Lipinski definition) is 7. The molecule has 3 heterocycles. The van der Waals surface area contributed by atoms with Crippen LogP contribution in [0.3, 0.4) is 0 Å². The first-order valence-corrected chi connectivity index (χ1v) is 17.4. The number of rotatable bonds is 14. The second-order valence-electron chi connectivity index (χ2n) is 13.6. The molecule has 4 aliphatic rings. The quantitative estimate of drug-likeness (QED) is 0.0894. The van der Waals surface area contributed by atoms with E-state index in [0.29, 0.717) is 6.54 Å². The Morgan fingerprint density at radius 2 is 1.58 bits per heavy atom. The number of carbonyl (C=O) groups is 1. The maximum atomic E-state index is 12.1. The summed E-state index contributed by atoms with van der Waals surface area (Å²) < 4.78 is 35.9. The van der Waals surface area contributed by atoms with Crippen molar-refractivity contribution in [3.05, 3.63) is 35.9 Å². The average Bonchev–Trinajstić information content (AvgIpc) is 3.10. The second kappa shape index (κ2) is 20.0. The first-order chi connectivity index (χ1) is 23.6. The van der Waals surface area contributed by atoms with Gasteiger partial charge in [0.15, 0.2) is 12.6 Å². The van der Waals surface area contributed by atoms with Crippen molar-refractivity contribution < 1.29 is 98.5 Å². The fourth-order valence-corrected chi connectivity index (χ4v) is 7.19. The van der Waals surface area contributed by atoms with Gasteiger partial charge in [0, 0.05) is 19.7 Å². The van der Waals surface area contributed by atoms with Gasteiger partial charge in [-0.05, 0) is 31.2 Å². The van der Waals surface area contributed by atoms with Crippen molar-refractivity contribution in [1.29, 1.82) is 0 Å². The SMILES string of the molecule is C[C@H]1O[C@H](O[C@@H]2[C@@H](O[C@H]3O[C@@H](CO)[C@@H](O)[C@H](O[C@@H](CC4CCCCC4)C(=O)[O-])[C@H]3O)CCO[C@@H]2CNCc2ccccc2)[C@@H](O)[C@H](O)[C@H]1O.[Na+]. The van der Waals surface area contributed by atoms with Crippen molar-refractivity contribution in [2.45, 2.75) is 144 Å². The molecule has 3 aliphatic heterocycles. The minimum Gasteiger partial charge on any atom is -0.547 e. The zero-order valence-electron chi connectivity index (χ0n) is 28.8. The maximum absolute atomic E-state index is 12.1. The molecule has 1 aromatic carbocycles. The molecule has 50 heavy (non-hydrogen) atoms. The third-order valence-corrected chi connectivity index (χ3v) is 10.1. The molecule has 5 rings (SSSR count). The molecule has 3 saturated heterocycles. The van der Waals surface area contributed by atoms with Crippen LogP contribution in [0.1, 0.15) is 57.4 Å². The predicted molar refractivity (Wildman–Crippen MR) is 167 cm³/mol. The molecule has 15 nitrogen and oxygen atoms in total. The Balaban J connectivity index is 0.00000562. The summed E-state index contributed by atoms with van der Waals surface area (Å²) in [5.74, 6) is -1.37. The van der Waals surface area contributed by atoms with Crippen molar-refractivity contribution in [3.63, 3.8) is 0 Å². The topological polar surface area (TPSA) is 229 Å². The number of ether oxygens (including phenoxy) is 6. The number of benzene rings is 1. The number of aliphatic carboxylic acids is 1. The molecule has 0 bridgehead atoms. The van der Waals surface area contributed by atoms with Crippen LogP contribution in [-0.4, -0.2) is 142 Å². The molecule has 0 aromatic heterocycles. The van der Waals surface area contributed by atoms with Gasteiger partial charge in [0.05, 0.1) is 37.0 Å². The standard InChI is InChI=1S/C34H53NO14.Na/c1-18-25(37)27(39)28(40)33(45-18)49-30-21(12-13-44-23(30)16-35-15-20-10-6-3-7-11-20)47-34-29(41)31(26(38)24(17-36)48-34)46-22(32(42)43)14-19-8-4-2-5-9-19;/h3,6-7,10-11,18-19,21-31,33-41H,2,4-5,8-9,12-17H2,1H3,(H,42,43);/q;+1/p-1/t18-,21+,22+,23-,24+,25+,26-,27-,28+,29-,30-,31+,33-,34+;/m1./s1. The molecular weight excluding hydrogens is 669 g/mol. The molecule has 278 valence electrons. The Kier molecular flexibility index (Phi) is 16.8. The van der Waals surface area contributed by atoms with Crippen molar-refractivity contribution in [2.24, 2.45) is 5.92 Å². The fourth-order valence-electron chi connectivity index (χ4n) is 7.19. The van der Waals surface area contributed by atoms with Gasteiger partial charge in [0.2, 0.25) is 0 Å². The maximum Gasteiger partial charge on any atom is 1.00 e. The summed E-state index contributed by atoms with van der Waals surface area (Å²) in [5.41, 5.74) is 1.03. The van der Waals surface area contributed by atoms with Crippen LogP contribution in [0, 0.1) is 5.92 Å². The third kappa shape index (κ3) is 10.6. The molecule has 0 amide bonds. The summed E-state index contributed by atoms with van der Waals surface area (Å²) in [7, 11) is 0. The minimum atomic E-state index is -1.68. The van der Waals surface area contributed by atoms with Gasteiger partial charge >= 0.3 is 29.6 Å². The number of carbonyl (C=O) groups excluding carboxylic acids is 1. The smallest absolute Gasteiger partial charge is 0.547 e. The van der Waals surface area contributed by atoms with E-state index in [4.69, 9.17) is 28.4 Å². The summed E-state index contributed by atoms with van der Waals surface area (Å²) in [6.45, 7) is 1.82. The van der Waals surface area contributed by atoms with E-state index in [1.807, 2.05) is 30.3 Å². The monoisotopic (exact) mass is 721 g/mol. The van der Waals surface area contributed by atoms with Crippen LogP contribution in [0.25, 0.3) is 0 Å². The van der Waals surface area contributed by atoms with Gasteiger partial charge in [-0.2, -0.15) is 0 Å². The first-order valence-electron chi connectivity index (χ1n) is 17.4. The van der Waals surface area contributed by atoms with E-state index in [1.165, 1.54) is 6.92 Å². The molecule has 14 atom stereocenters. The molecule has 0 unspecified atom stereocenters. The van der Waals surface area contributed by atoms with Gasteiger partial charge < -0.3 is 74.3 Å². The van der Waals surface area contributed by atoms with Crippen LogP contribution in [-0.2, 0) is 39.8 Å². The number of aliphatic hydroxyl groups excluding tert-OH is 6. The fraction of sp³-hybridized carbons (Fsp3) is 0.794. The van der Waals surface area contributed by atoms with Crippen LogP contribution in [0.15, 0.2) is 30.3 Å². The summed E-state index contributed by atoms with van der Waals surface area (Å²) in [6, 6.07) is 9.67. The van der Waals surface area contributed by atoms with Gasteiger partial charge in [-0.15, -0.1) is 0 Å². The summed E-state index contributed by atoms with van der Waals surface area (Å²) in [4.78, 5) is 12.1. The van der Waals surface area contributed by atoms with Crippen LogP contribution in [0.5, 0.6) is 0 Å². The van der Waals surface area contributed by atoms with E-state index >= 15 is 0 Å². The van der Waals surface area contributed by atoms with E-state index < -0.39 is 98.4 Å². The number of hydrogen-bond acceptors (Lipinski definition) is 15. The van der Waals surface area contributed by atoms with Crippen LogP contribution in [0.2, 0.25) is 0 Å². The zero-order valence-corrected chi connectivity index (χ0v) is 30.8. The van der Waals surface area contributed by atoms with Gasteiger partial charge in [-0.3, -0.25) is 0 Å². The number of carboxylic acids is 1. The van der Waals surface area contributed by atoms with E-state index in [0.717, 1.165) is 37.7 Å². The molecule has 7 N–H and O–H groups in total. The molecule has 1 aromatic rings. The van der Waals surface area contributed by atoms with Gasteiger partial charge in [0.1, 0.15) is 48.8 Å². The summed E-state index contributed by atoms with van der Waals surface area (Å²) in [6.07, 6.45) is -13.2. The molecule has 1 aliphatic carbocycles. The predicted octanol–water partition coefficient (Wildman–Crippen LogP) is -4.92. The average molecular weight is 722 g/mol. The first kappa shape index (κ1) is 41.9. The number of nitrogens with one attached hydrogen (secondary N) is 1. The second-order valence-corrected chi connectivity index (χ2v) is 13.6. The van der Waals surface area contributed by atoms with Crippen molar-refractivity contribution in [2.75, 3.05) is 19.8 Å². The molecule has 16 heteroatoms. The Bertz CT molecular complexity index is 1150. The molecule has 0 spiro atoms. The summed E-state index contributed by atoms with van der Waals surface area (Å²) in [5, 5.41) is 79.3. The molecular formula is C34H52NNaO14. The third-order valence-electron chi connectivity index (χ3n) is 10.1. The molecule has 0 radical (unpaired) electrons. The van der Waals surface area contributed by atoms with Gasteiger partial charge in [-0.1, -0.05) is 62.4 Å². The van der Waals surface area contributed by atoms with E-state index in [-0.39, 0.29) is 61.5 Å². The Labute approximate surface area is 314 Å². The van der Waals surface area contributed by atoms with E-state index in [9.17, 15) is 40.5 Å². The Morgan fingerprint density at radius 1 is 0.880 bits per heavy atom. The van der Waals surface area contributed by atoms with Crippen molar-refractivity contribution in [3.8, 4) is 0 Å². The van der Waals surface area contributed by atoms with E-state index in [1.54, 1.807) is 0 Å². The normalized spacial score (nSPS) is 39.0. The van der Waals surface area contributed by atoms with Gasteiger partial charge in [-0.25, -0.2) is 0 Å². The van der Waals surface area contributed by atoms with Crippen LogP contribution in [0.4, 0.5) is 0 Å². The Morgan fingerprint density at radius 3 is 2.26 bits per heavy atom. The van der Waals surface area contributed by atoms with Crippen molar-refractivity contribution in [1.82, 2.24) is 5.32 Å². The minimum absolute atomic E-state index is 0. The molecule has 1 saturated carbocycles. The number of aliphatic hydroxyl groups is 6. The number of carboxylic acid groups (broad SMARTS) is 1.